The number of hydrogen-bond acceptors (Lipinski definition) is 10. The third kappa shape index (κ3) is 28.6. The fourth-order valence-corrected chi connectivity index (χ4v) is 9.11. The molecule has 12 nitrogen and oxygen atoms in total. The third-order valence-electron chi connectivity index (χ3n) is 12.2. The summed E-state index contributed by atoms with van der Waals surface area (Å²) >= 11 is 0. The number of phosphoric ester groups is 1. The molecule has 0 spiro atoms. The van der Waals surface area contributed by atoms with Crippen molar-refractivity contribution < 1.29 is 53.9 Å². The number of rotatable bonds is 41. The average molecular weight is 866 g/mol. The number of carbonyl (C=O) groups is 1. The summed E-state index contributed by atoms with van der Waals surface area (Å²) in [4.78, 5) is 23.4. The molecule has 1 fully saturated rings. The number of carbonyl (C=O) groups excluding carboxylic acids is 1. The normalized spacial score (nSPS) is 22.9. The third-order valence-corrected chi connectivity index (χ3v) is 13.2. The van der Waals surface area contributed by atoms with Crippen LogP contribution in [0, 0.1) is 0 Å². The van der Waals surface area contributed by atoms with Gasteiger partial charge in [0, 0.05) is 6.42 Å². The highest BCUT2D eigenvalue weighted by molar-refractivity contribution is 7.47. The minimum absolute atomic E-state index is 0.243. The molecule has 352 valence electrons. The van der Waals surface area contributed by atoms with Crippen LogP contribution < -0.4 is 5.32 Å². The van der Waals surface area contributed by atoms with Crippen LogP contribution in [0.25, 0.3) is 0 Å². The Bertz CT molecular complexity index is 1010. The molecule has 1 aliphatic carbocycles. The molecule has 0 heterocycles. The molecule has 59 heavy (non-hydrogen) atoms. The zero-order valence-corrected chi connectivity index (χ0v) is 38.5. The van der Waals surface area contributed by atoms with Crippen LogP contribution in [-0.4, -0.2) is 96.8 Å². The van der Waals surface area contributed by atoms with Crippen molar-refractivity contribution in [3.8, 4) is 0 Å². The van der Waals surface area contributed by atoms with Gasteiger partial charge in [0.05, 0.1) is 18.8 Å². The van der Waals surface area contributed by atoms with Crippen LogP contribution >= 0.6 is 7.82 Å². The van der Waals surface area contributed by atoms with Gasteiger partial charge in [0.25, 0.3) is 0 Å². The van der Waals surface area contributed by atoms with Crippen LogP contribution in [0.15, 0.2) is 0 Å². The number of hydrogen-bond donors (Lipinski definition) is 8. The molecule has 0 aliphatic heterocycles. The van der Waals surface area contributed by atoms with Crippen molar-refractivity contribution in [2.24, 2.45) is 0 Å². The van der Waals surface area contributed by atoms with Crippen LogP contribution in [-0.2, 0) is 18.4 Å². The lowest BCUT2D eigenvalue weighted by Crippen LogP contribution is -2.64. The van der Waals surface area contributed by atoms with E-state index in [1.807, 2.05) is 0 Å². The van der Waals surface area contributed by atoms with Gasteiger partial charge in [0.2, 0.25) is 5.91 Å². The monoisotopic (exact) mass is 866 g/mol. The lowest BCUT2D eigenvalue weighted by Gasteiger charge is -2.41. The van der Waals surface area contributed by atoms with E-state index in [-0.39, 0.29) is 12.3 Å². The van der Waals surface area contributed by atoms with E-state index in [9.17, 15) is 44.9 Å². The molecule has 0 aromatic heterocycles. The number of unbranched alkanes of at least 4 members (excludes halogenated alkanes) is 30. The first-order chi connectivity index (χ1) is 28.4. The van der Waals surface area contributed by atoms with Gasteiger partial charge in [-0.3, -0.25) is 13.8 Å². The largest absolute Gasteiger partial charge is 0.472 e. The summed E-state index contributed by atoms with van der Waals surface area (Å²) in [6, 6.07) is -1.02. The van der Waals surface area contributed by atoms with E-state index in [0.29, 0.717) is 19.3 Å². The molecule has 0 aromatic rings. The van der Waals surface area contributed by atoms with E-state index < -0.39 is 63.2 Å². The van der Waals surface area contributed by atoms with Gasteiger partial charge in [-0.05, 0) is 12.8 Å². The highest BCUT2D eigenvalue weighted by atomic mass is 31.2. The summed E-state index contributed by atoms with van der Waals surface area (Å²) in [6.07, 6.45) is 27.0. The highest BCUT2D eigenvalue weighted by Crippen LogP contribution is 2.47. The number of amides is 1. The number of aliphatic hydroxyl groups excluding tert-OH is 6. The Kier molecular flexibility index (Phi) is 35.1. The summed E-state index contributed by atoms with van der Waals surface area (Å²) in [5.41, 5.74) is 0. The molecular formula is C46H92NO11P. The van der Waals surface area contributed by atoms with Gasteiger partial charge < -0.3 is 40.8 Å². The molecule has 13 heteroatoms. The molecule has 8 N–H and O–H groups in total. The number of nitrogens with one attached hydrogen (secondary N) is 1. The molecule has 6 unspecified atom stereocenters. The zero-order valence-electron chi connectivity index (χ0n) is 37.6. The van der Waals surface area contributed by atoms with Gasteiger partial charge in [-0.25, -0.2) is 4.57 Å². The summed E-state index contributed by atoms with van der Waals surface area (Å²) in [7, 11) is -5.05. The van der Waals surface area contributed by atoms with Gasteiger partial charge in [0.15, 0.2) is 0 Å². The van der Waals surface area contributed by atoms with E-state index >= 15 is 0 Å². The first kappa shape index (κ1) is 56.4. The second-order valence-electron chi connectivity index (χ2n) is 17.7. The van der Waals surface area contributed by atoms with E-state index in [1.165, 1.54) is 154 Å². The Morgan fingerprint density at radius 1 is 0.508 bits per heavy atom. The molecule has 0 radical (unpaired) electrons. The standard InChI is InChI=1S/C46H92NO11P/c1-3-5-7-9-11-13-15-17-19-20-21-22-24-26-28-30-32-34-36-40(49)47-38(37-57-59(55,56)58-46-44(53)42(51)41(50)43(52)45(46)54)39(48)35-33-31-29-27-25-23-18-16-14-12-10-8-6-4-2/h38-39,41-46,48,50-54H,3-37H2,1-2H3,(H,47,49)(H,55,56)/t38-,39+,41?,42+,43?,44?,45?,46?/m0/s1. The van der Waals surface area contributed by atoms with Gasteiger partial charge >= 0.3 is 7.82 Å². The maximum absolute atomic E-state index is 13.0. The maximum Gasteiger partial charge on any atom is 0.472 e. The van der Waals surface area contributed by atoms with Crippen LogP contribution in [0.5, 0.6) is 0 Å². The van der Waals surface area contributed by atoms with Crippen LogP contribution in [0.1, 0.15) is 232 Å². The number of aliphatic hydroxyl groups is 6. The minimum Gasteiger partial charge on any atom is -0.391 e. The quantitative estimate of drug-likeness (QED) is 0.0215. The van der Waals surface area contributed by atoms with Crippen molar-refractivity contribution in [2.75, 3.05) is 6.61 Å². The predicted octanol–water partition coefficient (Wildman–Crippen LogP) is 9.46. The van der Waals surface area contributed by atoms with E-state index in [4.69, 9.17) is 9.05 Å². The lowest BCUT2D eigenvalue weighted by atomic mass is 9.85. The fraction of sp³-hybridized carbons (Fsp3) is 0.978. The molecule has 1 amide bonds. The van der Waals surface area contributed by atoms with Gasteiger partial charge in [0.1, 0.15) is 36.6 Å². The van der Waals surface area contributed by atoms with Gasteiger partial charge in [-0.1, -0.05) is 213 Å². The smallest absolute Gasteiger partial charge is 0.391 e. The first-order valence-corrected chi connectivity index (χ1v) is 26.0. The van der Waals surface area contributed by atoms with Crippen LogP contribution in [0.3, 0.4) is 0 Å². The molecule has 1 rings (SSSR count). The van der Waals surface area contributed by atoms with Crippen molar-refractivity contribution in [3.63, 3.8) is 0 Å². The summed E-state index contributed by atoms with van der Waals surface area (Å²) in [5.74, 6) is -0.304. The molecule has 0 bridgehead atoms. The second kappa shape index (κ2) is 36.8. The average Bonchev–Trinajstić information content (AvgIpc) is 3.22. The maximum atomic E-state index is 13.0. The molecule has 1 aliphatic rings. The Hall–Kier alpha value is -0.660. The molecule has 0 saturated heterocycles. The van der Waals surface area contributed by atoms with Gasteiger partial charge in [-0.2, -0.15) is 0 Å². The topological polar surface area (TPSA) is 206 Å². The Morgan fingerprint density at radius 3 is 1.17 bits per heavy atom. The fourth-order valence-electron chi connectivity index (χ4n) is 8.14. The Morgan fingerprint density at radius 2 is 0.814 bits per heavy atom. The Labute approximate surface area is 359 Å². The van der Waals surface area contributed by atoms with Crippen molar-refractivity contribution in [2.45, 2.75) is 281 Å². The van der Waals surface area contributed by atoms with Crippen LogP contribution in [0.2, 0.25) is 0 Å². The molecule has 0 aromatic carbocycles. The minimum atomic E-state index is -5.05. The molecular weight excluding hydrogens is 773 g/mol. The first-order valence-electron chi connectivity index (χ1n) is 24.5. The van der Waals surface area contributed by atoms with Gasteiger partial charge in [-0.15, -0.1) is 0 Å². The number of phosphoric acid groups is 1. The summed E-state index contributed by atoms with van der Waals surface area (Å²) < 4.78 is 23.0. The lowest BCUT2D eigenvalue weighted by molar-refractivity contribution is -0.220. The second-order valence-corrected chi connectivity index (χ2v) is 19.1. The highest BCUT2D eigenvalue weighted by Gasteiger charge is 2.51. The van der Waals surface area contributed by atoms with Crippen molar-refractivity contribution >= 4 is 13.7 Å². The van der Waals surface area contributed by atoms with E-state index in [0.717, 1.165) is 38.5 Å². The Balaban J connectivity index is 2.42. The molecule has 9 atom stereocenters. The SMILES string of the molecule is CCCCCCCCCCCCCCCCCCCCC(=O)N[C@@H](COP(=O)(O)OC1C(O)C(O)C(O)[C@@H](O)C1O)[C@H](O)CCCCCCCCCCCCCCCC. The predicted molar refractivity (Wildman–Crippen MR) is 237 cm³/mol. The van der Waals surface area contributed by atoms with Crippen molar-refractivity contribution in [1.82, 2.24) is 5.32 Å². The van der Waals surface area contributed by atoms with Crippen molar-refractivity contribution in [3.05, 3.63) is 0 Å². The molecule has 1 saturated carbocycles. The summed E-state index contributed by atoms with van der Waals surface area (Å²) in [5, 5.41) is 64.2. The van der Waals surface area contributed by atoms with E-state index in [2.05, 4.69) is 19.2 Å². The van der Waals surface area contributed by atoms with Crippen molar-refractivity contribution in [1.29, 1.82) is 0 Å². The van der Waals surface area contributed by atoms with Crippen LogP contribution in [0.4, 0.5) is 0 Å². The summed E-state index contributed by atoms with van der Waals surface area (Å²) in [6.45, 7) is 3.91. The van der Waals surface area contributed by atoms with E-state index in [1.54, 1.807) is 0 Å². The zero-order chi connectivity index (χ0) is 43.6.